The second-order valence-corrected chi connectivity index (χ2v) is 5.69. The Hall–Kier alpha value is -0.0900. The molecule has 2 N–H and O–H groups in total. The third-order valence-corrected chi connectivity index (χ3v) is 4.61. The van der Waals surface area contributed by atoms with Gasteiger partial charge in [-0.05, 0) is 20.3 Å². The van der Waals surface area contributed by atoms with Gasteiger partial charge in [-0.25, -0.2) is 8.42 Å². The highest BCUT2D eigenvalue weighted by molar-refractivity contribution is 7.92. The third-order valence-electron chi connectivity index (χ3n) is 1.84. The molecule has 0 aromatic rings. The molecule has 0 saturated heterocycles. The van der Waals surface area contributed by atoms with Gasteiger partial charge >= 0.3 is 0 Å². The smallest absolute Gasteiger partial charge is 0.156 e. The Bertz CT molecular complexity index is 192. The molecule has 0 saturated carbocycles. The van der Waals surface area contributed by atoms with E-state index in [2.05, 4.69) is 0 Å². The molecule has 1 atom stereocenters. The Balaban J connectivity index is 4.53. The van der Waals surface area contributed by atoms with E-state index in [0.29, 0.717) is 6.42 Å². The van der Waals surface area contributed by atoms with Crippen molar-refractivity contribution in [2.24, 2.45) is 5.73 Å². The summed E-state index contributed by atoms with van der Waals surface area (Å²) in [5.41, 5.74) is 5.33. The molecular formula is C7H17NO2S. The summed E-state index contributed by atoms with van der Waals surface area (Å²) >= 11 is 0. The first-order chi connectivity index (χ1) is 4.96. The van der Waals surface area contributed by atoms with Gasteiger partial charge in [0.15, 0.2) is 9.84 Å². The van der Waals surface area contributed by atoms with Crippen molar-refractivity contribution < 1.29 is 8.42 Å². The van der Waals surface area contributed by atoms with E-state index >= 15 is 0 Å². The molecule has 0 aliphatic rings. The number of hydrogen-bond acceptors (Lipinski definition) is 3. The maximum atomic E-state index is 11.4. The Labute approximate surface area is 68.9 Å². The molecule has 0 amide bonds. The van der Waals surface area contributed by atoms with E-state index < -0.39 is 9.84 Å². The van der Waals surface area contributed by atoms with Crippen LogP contribution in [0.4, 0.5) is 0 Å². The first-order valence-electron chi connectivity index (χ1n) is 3.89. The lowest BCUT2D eigenvalue weighted by Crippen LogP contribution is -2.34. The Morgan fingerprint density at radius 1 is 1.36 bits per heavy atom. The fourth-order valence-electron chi connectivity index (χ4n) is 0.918. The van der Waals surface area contributed by atoms with Gasteiger partial charge in [0.1, 0.15) is 0 Å². The highest BCUT2D eigenvalue weighted by Gasteiger charge is 2.25. The maximum Gasteiger partial charge on any atom is 0.156 e. The molecule has 0 aliphatic carbocycles. The standard InChI is InChI=1S/C7H17NO2S/c1-4-7(5-8)11(9,10)6(2)3/h6-7H,4-5,8H2,1-3H3. The molecule has 0 aromatic carbocycles. The van der Waals surface area contributed by atoms with Gasteiger partial charge in [-0.15, -0.1) is 0 Å². The third kappa shape index (κ3) is 2.45. The van der Waals surface area contributed by atoms with Crippen molar-refractivity contribution >= 4 is 9.84 Å². The van der Waals surface area contributed by atoms with Crippen LogP contribution in [0.2, 0.25) is 0 Å². The van der Waals surface area contributed by atoms with Crippen molar-refractivity contribution in [3.8, 4) is 0 Å². The molecule has 0 spiro atoms. The molecule has 0 aliphatic heterocycles. The van der Waals surface area contributed by atoms with E-state index in [9.17, 15) is 8.42 Å². The predicted octanol–water partition coefficient (Wildman–Crippen LogP) is 0.547. The molecule has 0 aromatic heterocycles. The minimum atomic E-state index is -2.96. The average Bonchev–Trinajstić information content (AvgIpc) is 1.89. The summed E-state index contributed by atoms with van der Waals surface area (Å²) in [5.74, 6) is 0. The summed E-state index contributed by atoms with van der Waals surface area (Å²) in [6, 6.07) is 0. The van der Waals surface area contributed by atoms with E-state index in [1.54, 1.807) is 13.8 Å². The summed E-state index contributed by atoms with van der Waals surface area (Å²) < 4.78 is 22.8. The topological polar surface area (TPSA) is 60.2 Å². The highest BCUT2D eigenvalue weighted by atomic mass is 32.2. The normalized spacial score (nSPS) is 15.4. The van der Waals surface area contributed by atoms with Crippen LogP contribution < -0.4 is 5.73 Å². The summed E-state index contributed by atoms with van der Waals surface area (Å²) in [5, 5.41) is -0.668. The van der Waals surface area contributed by atoms with Crippen molar-refractivity contribution in [3.05, 3.63) is 0 Å². The van der Waals surface area contributed by atoms with Crippen molar-refractivity contribution in [3.63, 3.8) is 0 Å². The predicted molar refractivity (Wildman–Crippen MR) is 47.2 cm³/mol. The van der Waals surface area contributed by atoms with Gasteiger partial charge in [0.2, 0.25) is 0 Å². The van der Waals surface area contributed by atoms with Gasteiger partial charge in [-0.2, -0.15) is 0 Å². The van der Waals surface area contributed by atoms with Crippen LogP contribution in [0.25, 0.3) is 0 Å². The van der Waals surface area contributed by atoms with Crippen LogP contribution in [-0.4, -0.2) is 25.5 Å². The number of hydrogen-bond donors (Lipinski definition) is 1. The highest BCUT2D eigenvalue weighted by Crippen LogP contribution is 2.10. The number of rotatable bonds is 4. The largest absolute Gasteiger partial charge is 0.329 e. The summed E-state index contributed by atoms with van der Waals surface area (Å²) in [4.78, 5) is 0. The Morgan fingerprint density at radius 2 is 1.82 bits per heavy atom. The molecule has 0 heterocycles. The molecule has 0 bridgehead atoms. The number of nitrogens with two attached hydrogens (primary N) is 1. The van der Waals surface area contributed by atoms with Gasteiger partial charge < -0.3 is 5.73 Å². The first kappa shape index (κ1) is 10.9. The lowest BCUT2D eigenvalue weighted by atomic mass is 10.3. The fourth-order valence-corrected chi connectivity index (χ4v) is 2.42. The van der Waals surface area contributed by atoms with E-state index in [1.807, 2.05) is 6.92 Å². The van der Waals surface area contributed by atoms with Crippen LogP contribution in [0, 0.1) is 0 Å². The Kier molecular flexibility index (Phi) is 4.03. The first-order valence-corrected chi connectivity index (χ1v) is 5.50. The van der Waals surface area contributed by atoms with E-state index in [1.165, 1.54) is 0 Å². The zero-order chi connectivity index (χ0) is 9.07. The maximum absolute atomic E-state index is 11.4. The fraction of sp³-hybridized carbons (Fsp3) is 1.00. The second-order valence-electron chi connectivity index (χ2n) is 2.90. The molecule has 0 fully saturated rings. The minimum Gasteiger partial charge on any atom is -0.329 e. The minimum absolute atomic E-state index is 0.233. The zero-order valence-corrected chi connectivity index (χ0v) is 8.19. The van der Waals surface area contributed by atoms with Gasteiger partial charge in [0, 0.05) is 6.54 Å². The lowest BCUT2D eigenvalue weighted by Gasteiger charge is -2.15. The monoisotopic (exact) mass is 179 g/mol. The molecule has 68 valence electrons. The molecule has 3 nitrogen and oxygen atoms in total. The molecule has 0 rings (SSSR count). The van der Waals surface area contributed by atoms with Gasteiger partial charge in [0.25, 0.3) is 0 Å². The molecule has 11 heavy (non-hydrogen) atoms. The van der Waals surface area contributed by atoms with Crippen molar-refractivity contribution in [1.29, 1.82) is 0 Å². The van der Waals surface area contributed by atoms with Crippen LogP contribution in [0.1, 0.15) is 27.2 Å². The van der Waals surface area contributed by atoms with E-state index in [-0.39, 0.29) is 17.0 Å². The van der Waals surface area contributed by atoms with Crippen LogP contribution in [0.5, 0.6) is 0 Å². The summed E-state index contributed by atoms with van der Waals surface area (Å²) in [7, 11) is -2.96. The lowest BCUT2D eigenvalue weighted by molar-refractivity contribution is 0.567. The van der Waals surface area contributed by atoms with Gasteiger partial charge in [-0.3, -0.25) is 0 Å². The SMILES string of the molecule is CCC(CN)S(=O)(=O)C(C)C. The molecule has 1 unspecified atom stereocenters. The Morgan fingerprint density at radius 3 is 1.91 bits per heavy atom. The van der Waals surface area contributed by atoms with Crippen LogP contribution in [0.3, 0.4) is 0 Å². The second kappa shape index (κ2) is 4.07. The zero-order valence-electron chi connectivity index (χ0n) is 7.37. The summed E-state index contributed by atoms with van der Waals surface area (Å²) in [6.07, 6.45) is 0.608. The van der Waals surface area contributed by atoms with Gasteiger partial charge in [-0.1, -0.05) is 6.92 Å². The summed E-state index contributed by atoms with van der Waals surface area (Å²) in [6.45, 7) is 5.45. The van der Waals surface area contributed by atoms with Crippen molar-refractivity contribution in [2.75, 3.05) is 6.54 Å². The molecule has 4 heteroatoms. The van der Waals surface area contributed by atoms with Crippen LogP contribution in [0.15, 0.2) is 0 Å². The molecule has 0 radical (unpaired) electrons. The van der Waals surface area contributed by atoms with Crippen molar-refractivity contribution in [2.45, 2.75) is 37.7 Å². The van der Waals surface area contributed by atoms with Gasteiger partial charge in [0.05, 0.1) is 10.5 Å². The number of sulfone groups is 1. The van der Waals surface area contributed by atoms with Crippen LogP contribution >= 0.6 is 0 Å². The average molecular weight is 179 g/mol. The quantitative estimate of drug-likeness (QED) is 0.685. The van der Waals surface area contributed by atoms with Crippen molar-refractivity contribution in [1.82, 2.24) is 0 Å². The molecular weight excluding hydrogens is 162 g/mol. The van der Waals surface area contributed by atoms with E-state index in [4.69, 9.17) is 5.73 Å². The van der Waals surface area contributed by atoms with Crippen LogP contribution in [-0.2, 0) is 9.84 Å². The van der Waals surface area contributed by atoms with E-state index in [0.717, 1.165) is 0 Å².